The Morgan fingerprint density at radius 3 is 2.17 bits per heavy atom. The molecule has 1 rings (SSSR count). The summed E-state index contributed by atoms with van der Waals surface area (Å²) < 4.78 is 15.2. The molecule has 0 aliphatic heterocycles. The Bertz CT molecular complexity index is 129. The van der Waals surface area contributed by atoms with E-state index in [2.05, 4.69) is 0 Å². The van der Waals surface area contributed by atoms with Crippen LogP contribution in [0.3, 0.4) is 0 Å². The first-order valence-electron chi connectivity index (χ1n) is 3.78. The minimum atomic E-state index is -0.167. The SMILES string of the molecule is CC1(OP=O)CCCCC1.[AlH3].[Zn]. The summed E-state index contributed by atoms with van der Waals surface area (Å²) >= 11 is 0. The van der Waals surface area contributed by atoms with Crippen molar-refractivity contribution in [1.82, 2.24) is 0 Å². The predicted molar refractivity (Wildman–Crippen MR) is 50.1 cm³/mol. The fraction of sp³-hybridized carbons (Fsp3) is 1.00. The van der Waals surface area contributed by atoms with Gasteiger partial charge in [0.25, 0.3) is 0 Å². The summed E-state index contributed by atoms with van der Waals surface area (Å²) in [6.45, 7) is 2.04. The van der Waals surface area contributed by atoms with Gasteiger partial charge in [-0.05, 0) is 19.8 Å². The standard InChI is InChI=1S/C7H13O2P.Al.Zn.3H/c1-7(9-10-8)5-3-2-4-6-7;;;;;/h2-6H2,1H3;;;;;. The van der Waals surface area contributed by atoms with E-state index in [9.17, 15) is 4.57 Å². The second-order valence-electron chi connectivity index (χ2n) is 3.18. The van der Waals surface area contributed by atoms with Crippen LogP contribution in [0.4, 0.5) is 0 Å². The van der Waals surface area contributed by atoms with Crippen LogP contribution in [-0.2, 0) is 28.6 Å². The molecule has 0 amide bonds. The molecule has 0 aromatic rings. The van der Waals surface area contributed by atoms with Crippen LogP contribution in [0.15, 0.2) is 0 Å². The quantitative estimate of drug-likeness (QED) is 0.555. The molecular weight excluding hydrogens is 239 g/mol. The van der Waals surface area contributed by atoms with Gasteiger partial charge in [0.15, 0.2) is 17.4 Å². The molecule has 5 heteroatoms. The van der Waals surface area contributed by atoms with E-state index in [1.165, 1.54) is 19.3 Å². The molecule has 1 aliphatic rings. The Hall–Kier alpha value is 1.22. The van der Waals surface area contributed by atoms with Crippen molar-refractivity contribution in [2.24, 2.45) is 0 Å². The van der Waals surface area contributed by atoms with Gasteiger partial charge in [-0.15, -0.1) is 0 Å². The molecule has 0 radical (unpaired) electrons. The zero-order chi connectivity index (χ0) is 7.45. The summed E-state index contributed by atoms with van der Waals surface area (Å²) in [6, 6.07) is 0. The van der Waals surface area contributed by atoms with E-state index in [0.717, 1.165) is 12.8 Å². The molecule has 12 heavy (non-hydrogen) atoms. The van der Waals surface area contributed by atoms with Crippen LogP contribution in [0.1, 0.15) is 39.0 Å². The van der Waals surface area contributed by atoms with Crippen molar-refractivity contribution in [2.45, 2.75) is 44.6 Å². The van der Waals surface area contributed by atoms with Crippen LogP contribution >= 0.6 is 8.69 Å². The van der Waals surface area contributed by atoms with Gasteiger partial charge < -0.3 is 0 Å². The van der Waals surface area contributed by atoms with Crippen molar-refractivity contribution in [3.63, 3.8) is 0 Å². The third-order valence-corrected chi connectivity index (χ3v) is 2.68. The molecule has 2 nitrogen and oxygen atoms in total. The van der Waals surface area contributed by atoms with Crippen LogP contribution in [-0.4, -0.2) is 23.0 Å². The molecule has 0 unspecified atom stereocenters. The van der Waals surface area contributed by atoms with Gasteiger partial charge in [-0.2, -0.15) is 0 Å². The monoisotopic (exact) mass is 254 g/mol. The van der Waals surface area contributed by atoms with Crippen molar-refractivity contribution < 1.29 is 28.6 Å². The Balaban J connectivity index is 0. The zero-order valence-electron chi connectivity index (χ0n) is 7.01. The summed E-state index contributed by atoms with van der Waals surface area (Å²) in [5, 5.41) is 0. The van der Waals surface area contributed by atoms with Crippen LogP contribution in [0.25, 0.3) is 0 Å². The summed E-state index contributed by atoms with van der Waals surface area (Å²) in [7, 11) is -0.167. The summed E-state index contributed by atoms with van der Waals surface area (Å²) in [4.78, 5) is 0. The second-order valence-corrected chi connectivity index (χ2v) is 3.51. The van der Waals surface area contributed by atoms with Crippen molar-refractivity contribution in [2.75, 3.05) is 0 Å². The van der Waals surface area contributed by atoms with Gasteiger partial charge >= 0.3 is 8.69 Å². The third-order valence-electron chi connectivity index (χ3n) is 2.17. The first-order valence-corrected chi connectivity index (χ1v) is 4.51. The average Bonchev–Trinajstić information content (AvgIpc) is 1.89. The van der Waals surface area contributed by atoms with Crippen molar-refractivity contribution >= 4 is 26.0 Å². The van der Waals surface area contributed by atoms with E-state index in [4.69, 9.17) is 4.52 Å². The summed E-state index contributed by atoms with van der Waals surface area (Å²) in [6.07, 6.45) is 5.84. The minimum Gasteiger partial charge on any atom is -0.288 e. The van der Waals surface area contributed by atoms with E-state index in [1.54, 1.807) is 0 Å². The Morgan fingerprint density at radius 1 is 1.25 bits per heavy atom. The van der Waals surface area contributed by atoms with Gasteiger partial charge in [-0.25, -0.2) is 4.57 Å². The number of rotatable bonds is 2. The van der Waals surface area contributed by atoms with Gasteiger partial charge in [0.05, 0.1) is 5.60 Å². The first-order chi connectivity index (χ1) is 4.77. The van der Waals surface area contributed by atoms with Crippen molar-refractivity contribution in [3.8, 4) is 0 Å². The maximum absolute atomic E-state index is 10.2. The van der Waals surface area contributed by atoms with Crippen LogP contribution in [0.5, 0.6) is 0 Å². The van der Waals surface area contributed by atoms with Crippen molar-refractivity contribution in [1.29, 1.82) is 0 Å². The Labute approximate surface area is 99.0 Å². The molecule has 1 fully saturated rings. The molecule has 0 heterocycles. The van der Waals surface area contributed by atoms with Crippen LogP contribution < -0.4 is 0 Å². The summed E-state index contributed by atoms with van der Waals surface area (Å²) in [5.41, 5.74) is -0.0957. The number of hydrogen-bond donors (Lipinski definition) is 0. The molecule has 0 saturated heterocycles. The van der Waals surface area contributed by atoms with Crippen LogP contribution in [0, 0.1) is 0 Å². The Morgan fingerprint density at radius 2 is 1.75 bits per heavy atom. The van der Waals surface area contributed by atoms with E-state index < -0.39 is 0 Å². The van der Waals surface area contributed by atoms with E-state index in [1.807, 2.05) is 6.92 Å². The molecule has 1 saturated carbocycles. The smallest absolute Gasteiger partial charge is 0.288 e. The molecule has 0 aromatic carbocycles. The van der Waals surface area contributed by atoms with Gasteiger partial charge in [0.2, 0.25) is 0 Å². The maximum Gasteiger partial charge on any atom is 0.327 e. The molecule has 0 atom stereocenters. The number of hydrogen-bond acceptors (Lipinski definition) is 2. The second kappa shape index (κ2) is 7.60. The fourth-order valence-corrected chi connectivity index (χ4v) is 1.84. The minimum absolute atomic E-state index is 0. The Kier molecular flexibility index (Phi) is 9.93. The van der Waals surface area contributed by atoms with Crippen LogP contribution in [0.2, 0.25) is 0 Å². The molecule has 0 aromatic heterocycles. The topological polar surface area (TPSA) is 26.3 Å². The maximum atomic E-state index is 10.2. The van der Waals surface area contributed by atoms with Gasteiger partial charge in [0, 0.05) is 19.5 Å². The molecule has 0 N–H and O–H groups in total. The van der Waals surface area contributed by atoms with Crippen molar-refractivity contribution in [3.05, 3.63) is 0 Å². The molecule has 0 bridgehead atoms. The molecule has 1 aliphatic carbocycles. The fourth-order valence-electron chi connectivity index (χ4n) is 1.48. The zero-order valence-corrected chi connectivity index (χ0v) is 10.9. The van der Waals surface area contributed by atoms with E-state index in [0.29, 0.717) is 0 Å². The normalized spacial score (nSPS) is 20.8. The van der Waals surface area contributed by atoms with Gasteiger partial charge in [-0.1, -0.05) is 19.3 Å². The molecule has 66 valence electrons. The van der Waals surface area contributed by atoms with E-state index in [-0.39, 0.29) is 51.1 Å². The summed E-state index contributed by atoms with van der Waals surface area (Å²) in [5.74, 6) is 0. The largest absolute Gasteiger partial charge is 0.327 e. The van der Waals surface area contributed by atoms with Gasteiger partial charge in [0.1, 0.15) is 0 Å². The predicted octanol–water partition coefficient (Wildman–Crippen LogP) is 1.75. The third kappa shape index (κ3) is 5.06. The van der Waals surface area contributed by atoms with E-state index >= 15 is 0 Å². The average molecular weight is 256 g/mol. The molecule has 0 spiro atoms. The molecular formula is C7H16AlO2PZn. The van der Waals surface area contributed by atoms with Gasteiger partial charge in [-0.3, -0.25) is 4.52 Å². The first kappa shape index (κ1) is 15.7.